The molecule has 94 valence electrons. The Labute approximate surface area is 107 Å². The van der Waals surface area contributed by atoms with E-state index in [1.54, 1.807) is 12.1 Å². The van der Waals surface area contributed by atoms with Gasteiger partial charge in [0.05, 0.1) is 11.1 Å². The Morgan fingerprint density at radius 2 is 1.53 bits per heavy atom. The second kappa shape index (κ2) is 3.88. The van der Waals surface area contributed by atoms with Gasteiger partial charge < -0.3 is 0 Å². The smallest absolute Gasteiger partial charge is 0.274 e. The zero-order chi connectivity index (χ0) is 13.6. The Morgan fingerprint density at radius 3 is 2.05 bits per heavy atom. The lowest BCUT2D eigenvalue weighted by Crippen LogP contribution is -2.43. The van der Waals surface area contributed by atoms with E-state index in [9.17, 15) is 19.2 Å². The Hall–Kier alpha value is -2.76. The summed E-state index contributed by atoms with van der Waals surface area (Å²) in [6, 6.07) is 6.35. The van der Waals surface area contributed by atoms with Gasteiger partial charge in [0.15, 0.2) is 0 Å². The highest BCUT2D eigenvalue weighted by atomic mass is 16.2. The third-order valence-electron chi connectivity index (χ3n) is 3.00. The number of hydrogen-bond donors (Lipinski definition) is 1. The molecule has 6 heteroatoms. The van der Waals surface area contributed by atoms with E-state index in [4.69, 9.17) is 0 Å². The maximum absolute atomic E-state index is 12.1. The lowest BCUT2D eigenvalue weighted by atomic mass is 10.1. The largest absolute Gasteiger partial charge is 0.291 e. The van der Waals surface area contributed by atoms with E-state index in [2.05, 4.69) is 5.32 Å². The van der Waals surface area contributed by atoms with Crippen LogP contribution >= 0.6 is 0 Å². The summed E-state index contributed by atoms with van der Waals surface area (Å²) < 4.78 is 0. The van der Waals surface area contributed by atoms with Gasteiger partial charge in [0, 0.05) is 6.42 Å². The molecule has 0 aliphatic carbocycles. The highest BCUT2D eigenvalue weighted by Gasteiger charge is 2.40. The van der Waals surface area contributed by atoms with Crippen LogP contribution in [0.5, 0.6) is 0 Å². The molecular weight excluding hydrogens is 248 g/mol. The van der Waals surface area contributed by atoms with Crippen molar-refractivity contribution in [1.29, 1.82) is 0 Å². The number of imide groups is 2. The van der Waals surface area contributed by atoms with E-state index in [1.165, 1.54) is 18.2 Å². The standard InChI is InChI=1S/C13H8N2O4/c16-10-6-5-9(11(17)14-10)15-12(18)7-3-1-2-4-8(7)13(15)19/h1-5H,6H2,(H,14,16,17). The van der Waals surface area contributed by atoms with Gasteiger partial charge in [-0.05, 0) is 18.2 Å². The van der Waals surface area contributed by atoms with Crippen LogP contribution in [0.1, 0.15) is 27.1 Å². The number of carbonyl (C=O) groups excluding carboxylic acids is 4. The van der Waals surface area contributed by atoms with E-state index >= 15 is 0 Å². The van der Waals surface area contributed by atoms with Crippen LogP contribution in [0.25, 0.3) is 0 Å². The molecule has 0 aromatic heterocycles. The van der Waals surface area contributed by atoms with E-state index < -0.39 is 23.6 Å². The summed E-state index contributed by atoms with van der Waals surface area (Å²) in [5.74, 6) is -2.27. The van der Waals surface area contributed by atoms with Crippen molar-refractivity contribution in [2.45, 2.75) is 6.42 Å². The fourth-order valence-corrected chi connectivity index (χ4v) is 2.12. The lowest BCUT2D eigenvalue weighted by Gasteiger charge is -2.19. The summed E-state index contributed by atoms with van der Waals surface area (Å²) in [6.45, 7) is 0. The first-order chi connectivity index (χ1) is 9.09. The molecule has 1 N–H and O–H groups in total. The molecule has 0 unspecified atom stereocenters. The zero-order valence-corrected chi connectivity index (χ0v) is 9.67. The van der Waals surface area contributed by atoms with Crippen LogP contribution in [0.3, 0.4) is 0 Å². The highest BCUT2D eigenvalue weighted by Crippen LogP contribution is 2.26. The summed E-state index contributed by atoms with van der Waals surface area (Å²) in [6.07, 6.45) is 1.26. The molecule has 0 atom stereocenters. The van der Waals surface area contributed by atoms with Gasteiger partial charge in [-0.15, -0.1) is 0 Å². The van der Waals surface area contributed by atoms with E-state index in [1.807, 2.05) is 0 Å². The molecule has 0 saturated carbocycles. The fourth-order valence-electron chi connectivity index (χ4n) is 2.12. The third kappa shape index (κ3) is 1.57. The molecule has 4 amide bonds. The molecule has 2 aliphatic rings. The topological polar surface area (TPSA) is 83.6 Å². The first-order valence-electron chi connectivity index (χ1n) is 5.62. The maximum atomic E-state index is 12.1. The molecule has 6 nitrogen and oxygen atoms in total. The average molecular weight is 256 g/mol. The monoisotopic (exact) mass is 256 g/mol. The summed E-state index contributed by atoms with van der Waals surface area (Å²) in [5.41, 5.74) is 0.432. The number of hydrogen-bond acceptors (Lipinski definition) is 4. The number of amides is 4. The fraction of sp³-hybridized carbons (Fsp3) is 0.0769. The van der Waals surface area contributed by atoms with Crippen LogP contribution < -0.4 is 5.32 Å². The van der Waals surface area contributed by atoms with Gasteiger partial charge in [-0.1, -0.05) is 12.1 Å². The number of fused-ring (bicyclic) bond motifs is 1. The zero-order valence-electron chi connectivity index (χ0n) is 9.67. The quantitative estimate of drug-likeness (QED) is 0.728. The minimum Gasteiger partial charge on any atom is -0.291 e. The Kier molecular flexibility index (Phi) is 2.31. The van der Waals surface area contributed by atoms with Crippen LogP contribution in [0.4, 0.5) is 0 Å². The first kappa shape index (κ1) is 11.3. The average Bonchev–Trinajstić information content (AvgIpc) is 2.64. The van der Waals surface area contributed by atoms with Gasteiger partial charge in [0.2, 0.25) is 5.91 Å². The minimum atomic E-state index is -0.731. The Morgan fingerprint density at radius 1 is 0.947 bits per heavy atom. The number of benzene rings is 1. The van der Waals surface area contributed by atoms with Crippen LogP contribution in [-0.2, 0) is 9.59 Å². The second-order valence-corrected chi connectivity index (χ2v) is 4.16. The number of carbonyl (C=O) groups is 4. The first-order valence-corrected chi connectivity index (χ1v) is 5.62. The molecule has 2 heterocycles. The van der Waals surface area contributed by atoms with Crippen molar-refractivity contribution in [2.24, 2.45) is 0 Å². The molecule has 1 aromatic carbocycles. The molecule has 3 rings (SSSR count). The van der Waals surface area contributed by atoms with Gasteiger partial charge in [-0.2, -0.15) is 0 Å². The second-order valence-electron chi connectivity index (χ2n) is 4.16. The van der Waals surface area contributed by atoms with Gasteiger partial charge in [0.25, 0.3) is 17.7 Å². The van der Waals surface area contributed by atoms with Crippen LogP contribution in [0, 0.1) is 0 Å². The summed E-state index contributed by atoms with van der Waals surface area (Å²) in [5, 5.41) is 2.08. The SMILES string of the molecule is O=C1CC=C(N2C(=O)c3ccccc3C2=O)C(=O)N1. The van der Waals surface area contributed by atoms with Gasteiger partial charge in [-0.3, -0.25) is 24.5 Å². The highest BCUT2D eigenvalue weighted by molar-refractivity contribution is 6.26. The molecular formula is C13H8N2O4. The molecule has 19 heavy (non-hydrogen) atoms. The number of rotatable bonds is 1. The van der Waals surface area contributed by atoms with Crippen LogP contribution in [0.15, 0.2) is 36.0 Å². The van der Waals surface area contributed by atoms with Crippen molar-refractivity contribution < 1.29 is 19.2 Å². The van der Waals surface area contributed by atoms with Crippen LogP contribution in [-0.4, -0.2) is 28.5 Å². The Balaban J connectivity index is 2.06. The van der Waals surface area contributed by atoms with Crippen LogP contribution in [0.2, 0.25) is 0 Å². The molecule has 0 fully saturated rings. The minimum absolute atomic E-state index is 0.0333. The van der Waals surface area contributed by atoms with Crippen molar-refractivity contribution in [3.63, 3.8) is 0 Å². The summed E-state index contributed by atoms with van der Waals surface area (Å²) in [7, 11) is 0. The van der Waals surface area contributed by atoms with Crippen molar-refractivity contribution in [3.8, 4) is 0 Å². The molecule has 1 aromatic rings. The van der Waals surface area contributed by atoms with E-state index in [0.717, 1.165) is 4.90 Å². The predicted molar refractivity (Wildman–Crippen MR) is 62.8 cm³/mol. The predicted octanol–water partition coefficient (Wildman–Crippen LogP) is 0.213. The van der Waals surface area contributed by atoms with Gasteiger partial charge >= 0.3 is 0 Å². The van der Waals surface area contributed by atoms with Crippen molar-refractivity contribution in [3.05, 3.63) is 47.2 Å². The molecule has 0 saturated heterocycles. The normalized spacial score (nSPS) is 18.3. The molecule has 0 bridgehead atoms. The summed E-state index contributed by atoms with van der Waals surface area (Å²) >= 11 is 0. The summed E-state index contributed by atoms with van der Waals surface area (Å²) in [4.78, 5) is 47.8. The number of nitrogens with one attached hydrogen (secondary N) is 1. The molecule has 2 aliphatic heterocycles. The van der Waals surface area contributed by atoms with Crippen molar-refractivity contribution in [2.75, 3.05) is 0 Å². The maximum Gasteiger partial charge on any atom is 0.274 e. The van der Waals surface area contributed by atoms with Crippen molar-refractivity contribution >= 4 is 23.6 Å². The van der Waals surface area contributed by atoms with Gasteiger partial charge in [0.1, 0.15) is 5.70 Å². The van der Waals surface area contributed by atoms with Gasteiger partial charge in [-0.25, -0.2) is 4.90 Å². The molecule has 0 radical (unpaired) electrons. The Bertz CT molecular complexity index is 640. The van der Waals surface area contributed by atoms with E-state index in [0.29, 0.717) is 0 Å². The number of nitrogens with zero attached hydrogens (tertiary/aromatic N) is 1. The molecule has 0 spiro atoms. The van der Waals surface area contributed by atoms with E-state index in [-0.39, 0.29) is 23.2 Å². The third-order valence-corrected chi connectivity index (χ3v) is 3.00. The lowest BCUT2D eigenvalue weighted by molar-refractivity contribution is -0.129. The van der Waals surface area contributed by atoms with Crippen molar-refractivity contribution in [1.82, 2.24) is 10.2 Å².